The molecular weight excluding hydrogens is 260 g/mol. The number of sulfonamides is 1. The Morgan fingerprint density at radius 1 is 1.21 bits per heavy atom. The first-order chi connectivity index (χ1) is 8.95. The zero-order valence-electron chi connectivity index (χ0n) is 11.6. The van der Waals surface area contributed by atoms with Gasteiger partial charge in [0, 0.05) is 5.54 Å². The summed E-state index contributed by atoms with van der Waals surface area (Å²) in [4.78, 5) is 0.355. The molecule has 1 aliphatic rings. The van der Waals surface area contributed by atoms with Crippen molar-refractivity contribution >= 4 is 10.0 Å². The van der Waals surface area contributed by atoms with Crippen LogP contribution in [0, 0.1) is 0 Å². The summed E-state index contributed by atoms with van der Waals surface area (Å²) in [5.41, 5.74) is 0.895. The van der Waals surface area contributed by atoms with Crippen LogP contribution in [0.25, 0.3) is 0 Å². The number of hydrogen-bond acceptors (Lipinski definition) is 3. The number of hydrogen-bond donors (Lipinski definition) is 2. The van der Waals surface area contributed by atoms with E-state index in [0.717, 1.165) is 37.8 Å². The Bertz CT molecular complexity index is 519. The van der Waals surface area contributed by atoms with Crippen LogP contribution in [0.15, 0.2) is 29.2 Å². The van der Waals surface area contributed by atoms with E-state index in [1.54, 1.807) is 12.1 Å². The molecule has 0 radical (unpaired) electrons. The van der Waals surface area contributed by atoms with Crippen LogP contribution in [0.1, 0.15) is 31.7 Å². The van der Waals surface area contributed by atoms with Crippen molar-refractivity contribution in [1.82, 2.24) is 10.0 Å². The molecule has 1 aliphatic carbocycles. The first-order valence-electron chi connectivity index (χ1n) is 6.73. The second kappa shape index (κ2) is 5.61. The predicted octanol–water partition coefficient (Wildman–Crippen LogP) is 1.67. The van der Waals surface area contributed by atoms with E-state index in [4.69, 9.17) is 0 Å². The van der Waals surface area contributed by atoms with Crippen LogP contribution in [0.3, 0.4) is 0 Å². The molecule has 2 N–H and O–H groups in total. The Morgan fingerprint density at radius 3 is 2.32 bits per heavy atom. The van der Waals surface area contributed by atoms with Gasteiger partial charge >= 0.3 is 0 Å². The molecular formula is C14H22N2O2S. The van der Waals surface area contributed by atoms with Crippen molar-refractivity contribution in [3.8, 4) is 0 Å². The average Bonchev–Trinajstić information content (AvgIpc) is 2.34. The smallest absolute Gasteiger partial charge is 0.241 e. The maximum absolute atomic E-state index is 12.2. The molecule has 106 valence electrons. The molecule has 5 heteroatoms. The Hall–Kier alpha value is -0.910. The Labute approximate surface area is 115 Å². The lowest BCUT2D eigenvalue weighted by atomic mass is 9.80. The zero-order valence-corrected chi connectivity index (χ0v) is 12.4. The lowest BCUT2D eigenvalue weighted by molar-refractivity contribution is 0.248. The SMILES string of the molecule is CNCCc1ccc(S(=O)(=O)NC2(C)CCC2)cc1. The summed E-state index contributed by atoms with van der Waals surface area (Å²) in [7, 11) is -1.48. The van der Waals surface area contributed by atoms with Gasteiger partial charge in [-0.3, -0.25) is 0 Å². The lowest BCUT2D eigenvalue weighted by Crippen LogP contribution is -2.50. The molecule has 1 aromatic rings. The summed E-state index contributed by atoms with van der Waals surface area (Å²) in [5.74, 6) is 0. The van der Waals surface area contributed by atoms with Crippen LogP contribution < -0.4 is 10.0 Å². The van der Waals surface area contributed by atoms with Crippen LogP contribution in [0.4, 0.5) is 0 Å². The van der Waals surface area contributed by atoms with Gasteiger partial charge in [0.15, 0.2) is 0 Å². The third-order valence-corrected chi connectivity index (χ3v) is 5.39. The van der Waals surface area contributed by atoms with Gasteiger partial charge in [0.2, 0.25) is 10.0 Å². The summed E-state index contributed by atoms with van der Waals surface area (Å²) in [6.07, 6.45) is 3.85. The second-order valence-electron chi connectivity index (χ2n) is 5.52. The third kappa shape index (κ3) is 3.55. The molecule has 0 spiro atoms. The van der Waals surface area contributed by atoms with Crippen LogP contribution in [0.2, 0.25) is 0 Å². The molecule has 0 saturated heterocycles. The van der Waals surface area contributed by atoms with E-state index in [0.29, 0.717) is 4.90 Å². The highest BCUT2D eigenvalue weighted by Crippen LogP contribution is 2.32. The van der Waals surface area contributed by atoms with E-state index in [-0.39, 0.29) is 5.54 Å². The van der Waals surface area contributed by atoms with Gasteiger partial charge in [-0.1, -0.05) is 12.1 Å². The maximum Gasteiger partial charge on any atom is 0.241 e. The van der Waals surface area contributed by atoms with Gasteiger partial charge in [-0.25, -0.2) is 13.1 Å². The molecule has 0 aromatic heterocycles. The standard InChI is InChI=1S/C14H22N2O2S/c1-14(9-3-10-14)16-19(17,18)13-6-4-12(5-7-13)8-11-15-2/h4-7,15-16H,3,8-11H2,1-2H3. The van der Waals surface area contributed by atoms with Crippen molar-refractivity contribution < 1.29 is 8.42 Å². The highest BCUT2D eigenvalue weighted by atomic mass is 32.2. The fourth-order valence-electron chi connectivity index (χ4n) is 2.30. The molecule has 1 saturated carbocycles. The predicted molar refractivity (Wildman–Crippen MR) is 76.7 cm³/mol. The lowest BCUT2D eigenvalue weighted by Gasteiger charge is -2.38. The van der Waals surface area contributed by atoms with Gasteiger partial charge in [0.1, 0.15) is 0 Å². The molecule has 19 heavy (non-hydrogen) atoms. The van der Waals surface area contributed by atoms with Crippen molar-refractivity contribution in [3.63, 3.8) is 0 Å². The van der Waals surface area contributed by atoms with E-state index >= 15 is 0 Å². The Kier molecular flexibility index (Phi) is 4.28. The Balaban J connectivity index is 2.08. The fraction of sp³-hybridized carbons (Fsp3) is 0.571. The summed E-state index contributed by atoms with van der Waals surface area (Å²) in [6, 6.07) is 7.15. The molecule has 4 nitrogen and oxygen atoms in total. The molecule has 0 aliphatic heterocycles. The van der Waals surface area contributed by atoms with Crippen molar-refractivity contribution in [2.24, 2.45) is 0 Å². The van der Waals surface area contributed by atoms with Crippen LogP contribution in [-0.4, -0.2) is 27.5 Å². The highest BCUT2D eigenvalue weighted by Gasteiger charge is 2.36. The van der Waals surface area contributed by atoms with Crippen molar-refractivity contribution in [2.45, 2.75) is 43.0 Å². The molecule has 0 amide bonds. The average molecular weight is 282 g/mol. The normalized spacial score (nSPS) is 18.0. The molecule has 0 bridgehead atoms. The molecule has 1 fully saturated rings. The van der Waals surface area contributed by atoms with E-state index in [1.165, 1.54) is 0 Å². The van der Waals surface area contributed by atoms with Crippen molar-refractivity contribution in [3.05, 3.63) is 29.8 Å². The summed E-state index contributed by atoms with van der Waals surface area (Å²) < 4.78 is 27.3. The topological polar surface area (TPSA) is 58.2 Å². The quantitative estimate of drug-likeness (QED) is 0.834. The molecule has 0 heterocycles. The second-order valence-corrected chi connectivity index (χ2v) is 7.20. The number of likely N-dealkylation sites (N-methyl/N-ethyl adjacent to an activating group) is 1. The first kappa shape index (κ1) is 14.5. The van der Waals surface area contributed by atoms with Gasteiger partial charge < -0.3 is 5.32 Å². The molecule has 1 aromatic carbocycles. The van der Waals surface area contributed by atoms with Gasteiger partial charge in [0.25, 0.3) is 0 Å². The van der Waals surface area contributed by atoms with E-state index in [1.807, 2.05) is 26.1 Å². The van der Waals surface area contributed by atoms with E-state index in [9.17, 15) is 8.42 Å². The minimum Gasteiger partial charge on any atom is -0.319 e. The number of rotatable bonds is 6. The summed E-state index contributed by atoms with van der Waals surface area (Å²) in [5, 5.41) is 3.08. The van der Waals surface area contributed by atoms with Gasteiger partial charge in [0.05, 0.1) is 4.90 Å². The van der Waals surface area contributed by atoms with Crippen molar-refractivity contribution in [2.75, 3.05) is 13.6 Å². The molecule has 0 unspecified atom stereocenters. The van der Waals surface area contributed by atoms with Crippen LogP contribution in [-0.2, 0) is 16.4 Å². The van der Waals surface area contributed by atoms with Gasteiger partial charge in [-0.05, 0) is 63.9 Å². The summed E-state index contributed by atoms with van der Waals surface area (Å²) >= 11 is 0. The van der Waals surface area contributed by atoms with E-state index < -0.39 is 10.0 Å². The zero-order chi connectivity index (χ0) is 13.9. The maximum atomic E-state index is 12.2. The van der Waals surface area contributed by atoms with E-state index in [2.05, 4.69) is 10.0 Å². The minimum absolute atomic E-state index is 0.246. The minimum atomic E-state index is -3.38. The highest BCUT2D eigenvalue weighted by molar-refractivity contribution is 7.89. The number of nitrogens with one attached hydrogen (secondary N) is 2. The van der Waals surface area contributed by atoms with Gasteiger partial charge in [-0.2, -0.15) is 0 Å². The van der Waals surface area contributed by atoms with Gasteiger partial charge in [-0.15, -0.1) is 0 Å². The van der Waals surface area contributed by atoms with Crippen LogP contribution in [0.5, 0.6) is 0 Å². The molecule has 0 atom stereocenters. The fourth-order valence-corrected chi connectivity index (χ4v) is 3.76. The molecule has 2 rings (SSSR count). The first-order valence-corrected chi connectivity index (χ1v) is 8.21. The largest absolute Gasteiger partial charge is 0.319 e. The monoisotopic (exact) mass is 282 g/mol. The number of benzene rings is 1. The Morgan fingerprint density at radius 2 is 1.84 bits per heavy atom. The van der Waals surface area contributed by atoms with Crippen LogP contribution >= 0.6 is 0 Å². The summed E-state index contributed by atoms with van der Waals surface area (Å²) in [6.45, 7) is 2.86. The third-order valence-electron chi connectivity index (χ3n) is 3.74. The van der Waals surface area contributed by atoms with Crippen molar-refractivity contribution in [1.29, 1.82) is 0 Å².